The number of allylic oxidation sites excluding steroid dienone is 2. The molecule has 0 aromatic heterocycles. The second-order valence-corrected chi connectivity index (χ2v) is 35.8. The van der Waals surface area contributed by atoms with Gasteiger partial charge < -0.3 is 188 Å². The second-order valence-electron chi connectivity index (χ2n) is 35.8. The van der Waals surface area contributed by atoms with E-state index in [1.807, 2.05) is 0 Å². The lowest BCUT2D eigenvalue weighted by molar-refractivity contribution is -0.396. The first-order valence-corrected chi connectivity index (χ1v) is 39.4. The van der Waals surface area contributed by atoms with Crippen LogP contribution in [0.25, 0.3) is 0 Å². The van der Waals surface area contributed by atoms with Crippen LogP contribution in [0.15, 0.2) is 11.6 Å². The van der Waals surface area contributed by atoms with Gasteiger partial charge in [-0.05, 0) is 111 Å². The molecule has 13 rings (SSSR count). The van der Waals surface area contributed by atoms with Crippen molar-refractivity contribution in [3.05, 3.63) is 11.6 Å². The summed E-state index contributed by atoms with van der Waals surface area (Å²) in [7, 11) is 0. The highest BCUT2D eigenvalue weighted by atomic mass is 16.8. The van der Waals surface area contributed by atoms with Gasteiger partial charge in [0.15, 0.2) is 50.1 Å². The van der Waals surface area contributed by atoms with E-state index in [0.29, 0.717) is 44.9 Å². The Balaban J connectivity index is 0.771. The van der Waals surface area contributed by atoms with Gasteiger partial charge in [-0.25, -0.2) is 0 Å². The summed E-state index contributed by atoms with van der Waals surface area (Å²) in [5.74, 6) is -1.82. The van der Waals surface area contributed by atoms with Crippen LogP contribution in [0, 0.1) is 50.2 Å². The topological polar surface area (TPSA) is 610 Å². The summed E-state index contributed by atoms with van der Waals surface area (Å²) in [5.41, 5.74) is -6.14. The first kappa shape index (κ1) is 88.5. The number of fused-ring (bicyclic) bond motifs is 7. The largest absolute Gasteiger partial charge is 0.432 e. The van der Waals surface area contributed by atoms with Gasteiger partial charge in [-0.2, -0.15) is 0 Å². The third-order valence-electron chi connectivity index (χ3n) is 28.4. The predicted octanol–water partition coefficient (Wildman–Crippen LogP) is -8.18. The van der Waals surface area contributed by atoms with Crippen LogP contribution in [0.1, 0.15) is 113 Å². The van der Waals surface area contributed by atoms with Gasteiger partial charge in [0, 0.05) is 5.41 Å². The highest BCUT2D eigenvalue weighted by Gasteiger charge is 2.72. The van der Waals surface area contributed by atoms with Gasteiger partial charge in [-0.15, -0.1) is 0 Å². The Labute approximate surface area is 651 Å². The molecule has 0 aromatic carbocycles. The SMILES string of the molecule is C[C@@H]1O[C@@H](O[C@@H]2[C@@H](O)[C@H](O[C@@H]3[C@@H](O[C@@H]4OC[C@@H](O)[C@H](O)[C@H]4O)[C@@H](O)[C@H](O[C@H]4[C@H](OC(=O)[C@]56CCC(C)(C)C[C@H]5C5=CCC7[C@@]8(C)C[C@H](O)[C@H](O[C@@H]9O[C@H](CO)[C@@H](O)[C@H](O[C@@H]%10O[C@H](CO)[C@@H](O)[C@H](O)[C@H]%10O)[C@H]9O)[C@@](C)(CO)C8CC[C@@]7(C)C5(C)CC6)OC[C@H](O)[C@@H]4O[C@@H]4OC[C@](O)(CO)[C@H]4O)O[C@H]3C)OC[C@H]2O)[C@H](O)[C@H](O)[C@H]1O. The molecule has 0 amide bonds. The number of rotatable bonds is 20. The first-order chi connectivity index (χ1) is 53.1. The Bertz CT molecular complexity index is 3260. The van der Waals surface area contributed by atoms with E-state index in [2.05, 4.69) is 40.7 Å². The fourth-order valence-corrected chi connectivity index (χ4v) is 21.4. The van der Waals surface area contributed by atoms with Crippen molar-refractivity contribution in [2.24, 2.45) is 50.2 Å². The molecule has 39 heteroatoms. The van der Waals surface area contributed by atoms with Gasteiger partial charge in [-0.1, -0.05) is 53.2 Å². The zero-order valence-electron chi connectivity index (χ0n) is 64.4. The molecule has 8 aliphatic heterocycles. The summed E-state index contributed by atoms with van der Waals surface area (Å²) in [6, 6.07) is 0. The minimum atomic E-state index is -2.27. The average Bonchev–Trinajstić information content (AvgIpc) is 1.22. The van der Waals surface area contributed by atoms with Crippen molar-refractivity contribution in [1.29, 1.82) is 0 Å². The lowest BCUT2D eigenvalue weighted by Crippen LogP contribution is -2.70. The van der Waals surface area contributed by atoms with Gasteiger partial charge in [-0.3, -0.25) is 4.79 Å². The Kier molecular flexibility index (Phi) is 26.3. The third-order valence-corrected chi connectivity index (χ3v) is 28.4. The maximum absolute atomic E-state index is 16.2. The molecule has 0 bridgehead atoms. The van der Waals surface area contributed by atoms with Crippen LogP contribution >= 0.6 is 0 Å². The smallest absolute Gasteiger partial charge is 0.315 e. The maximum atomic E-state index is 16.2. The van der Waals surface area contributed by atoms with Crippen LogP contribution in [0.3, 0.4) is 0 Å². The average molecular weight is 1630 g/mol. The minimum Gasteiger partial charge on any atom is -0.432 e. The summed E-state index contributed by atoms with van der Waals surface area (Å²) in [6.07, 6.45) is -57.2. The third kappa shape index (κ3) is 15.5. The molecule has 8 heterocycles. The molecule has 0 radical (unpaired) electrons. The fraction of sp³-hybridized carbons (Fsp3) is 0.959. The quantitative estimate of drug-likeness (QED) is 0.0306. The predicted molar refractivity (Wildman–Crippen MR) is 369 cm³/mol. The van der Waals surface area contributed by atoms with Crippen LogP contribution in [-0.2, 0) is 80.6 Å². The van der Waals surface area contributed by atoms with Crippen molar-refractivity contribution in [3.63, 3.8) is 0 Å². The number of ether oxygens (including phenoxy) is 16. The van der Waals surface area contributed by atoms with Crippen molar-refractivity contribution in [2.75, 3.05) is 52.9 Å². The van der Waals surface area contributed by atoms with Crippen molar-refractivity contribution in [1.82, 2.24) is 0 Å². The minimum absolute atomic E-state index is 0.117. The molecule has 4 saturated carbocycles. The van der Waals surface area contributed by atoms with E-state index in [1.165, 1.54) is 13.8 Å². The van der Waals surface area contributed by atoms with Crippen LogP contribution in [0.4, 0.5) is 0 Å². The molecule has 3 unspecified atom stereocenters. The molecule has 12 fully saturated rings. The zero-order valence-corrected chi connectivity index (χ0v) is 64.4. The van der Waals surface area contributed by atoms with E-state index in [-0.39, 0.29) is 30.1 Å². The molecule has 0 spiro atoms. The molecule has 0 aromatic rings. The summed E-state index contributed by atoms with van der Waals surface area (Å²) in [4.78, 5) is 16.2. The maximum Gasteiger partial charge on any atom is 0.315 e. The number of carbonyl (C=O) groups is 1. The van der Waals surface area contributed by atoms with E-state index < -0.39 is 319 Å². The van der Waals surface area contributed by atoms with E-state index in [1.54, 1.807) is 6.92 Å². The van der Waals surface area contributed by atoms with Crippen molar-refractivity contribution in [3.8, 4) is 0 Å². The summed E-state index contributed by atoms with van der Waals surface area (Å²) in [6.45, 7) is 9.66. The standard InChI is InChI=1S/C74H120O39/c1-27-39(83)43(87)46(90)61(102-27)107-52-33(81)22-99-60(48(52)92)106-51-28(2)103-63(50(94)55(51)110-59-45(89)40(84)32(80)21-98-59)111-56-53(108-66-57(95)74(97,25-78)26-101-66)34(82)23-100-65(56)113-67(96)73-15-13-68(3,4)17-30(73)29-9-10-38-69(5)18-31(79)58(70(6,24-77)37(69)11-12-72(38,8)71(29,7)14-16-73)112-64-49(93)54(42(86)36(20-76)105-64)109-62-47(91)44(88)41(85)35(19-75)104-62/h9,27-28,30-66,75-95,97H,10-26H2,1-8H3/t27-,28-,30-,31-,32+,33+,34-,35+,36+,37?,38?,39-,40-,41+,42+,43+,44-,45+,46+,47+,48+,49+,50+,51-,52-,53-,54-,55-,56+,57-,58-,59-,60-,61-,62-,63-,64-,65-,66-,69-,70-,71?,72+,73-,74+/m0/s1. The number of aliphatic hydroxyl groups is 22. The number of carbonyl (C=O) groups excluding carboxylic acids is 1. The lowest BCUT2D eigenvalue weighted by atomic mass is 9.33. The van der Waals surface area contributed by atoms with Crippen LogP contribution in [0.2, 0.25) is 0 Å². The van der Waals surface area contributed by atoms with E-state index in [9.17, 15) is 112 Å². The highest BCUT2D eigenvalue weighted by molar-refractivity contribution is 5.79. The van der Waals surface area contributed by atoms with Gasteiger partial charge >= 0.3 is 5.97 Å². The number of esters is 1. The number of hydrogen-bond acceptors (Lipinski definition) is 39. The molecule has 5 aliphatic carbocycles. The number of hydrogen-bond donors (Lipinski definition) is 22. The van der Waals surface area contributed by atoms with E-state index >= 15 is 4.79 Å². The highest BCUT2D eigenvalue weighted by Crippen LogP contribution is 2.76. The molecule has 39 nitrogen and oxygen atoms in total. The summed E-state index contributed by atoms with van der Waals surface area (Å²) < 4.78 is 97.2. The van der Waals surface area contributed by atoms with Gasteiger partial charge in [0.2, 0.25) is 6.29 Å². The van der Waals surface area contributed by atoms with Crippen LogP contribution < -0.4 is 0 Å². The van der Waals surface area contributed by atoms with E-state index in [0.717, 1.165) is 5.57 Å². The Morgan fingerprint density at radius 1 is 0.442 bits per heavy atom. The second kappa shape index (κ2) is 33.5. The first-order valence-electron chi connectivity index (χ1n) is 39.4. The summed E-state index contributed by atoms with van der Waals surface area (Å²) in [5, 5.41) is 245. The fourth-order valence-electron chi connectivity index (χ4n) is 21.4. The normalized spacial score (nSPS) is 55.5. The van der Waals surface area contributed by atoms with Crippen molar-refractivity contribution >= 4 is 5.97 Å². The van der Waals surface area contributed by atoms with Gasteiger partial charge in [0.05, 0.1) is 82.7 Å². The van der Waals surface area contributed by atoms with Gasteiger partial charge in [0.1, 0.15) is 146 Å². The van der Waals surface area contributed by atoms with Crippen LogP contribution in [0.5, 0.6) is 0 Å². The van der Waals surface area contributed by atoms with E-state index in [4.69, 9.17) is 75.8 Å². The zero-order chi connectivity index (χ0) is 82.2. The molecule has 22 N–H and O–H groups in total. The molecular formula is C74H120O39. The lowest BCUT2D eigenvalue weighted by Gasteiger charge is -2.72. The number of aliphatic hydroxyl groups excluding tert-OH is 21. The Morgan fingerprint density at radius 2 is 0.956 bits per heavy atom. The molecule has 8 saturated heterocycles. The monoisotopic (exact) mass is 1630 g/mol. The van der Waals surface area contributed by atoms with Gasteiger partial charge in [0.25, 0.3) is 0 Å². The Hall–Kier alpha value is -2.27. The molecule has 13 aliphatic rings. The van der Waals surface area contributed by atoms with Crippen molar-refractivity contribution < 1.29 is 193 Å². The molecule has 650 valence electrons. The Morgan fingerprint density at radius 3 is 1.60 bits per heavy atom. The summed E-state index contributed by atoms with van der Waals surface area (Å²) >= 11 is 0. The molecular weight excluding hydrogens is 1510 g/mol. The molecule has 113 heavy (non-hydrogen) atoms. The molecule has 45 atom stereocenters. The van der Waals surface area contributed by atoms with Crippen LogP contribution in [-0.4, -0.2) is 398 Å². The van der Waals surface area contributed by atoms with Crippen molar-refractivity contribution in [2.45, 2.75) is 340 Å².